The van der Waals surface area contributed by atoms with E-state index in [4.69, 9.17) is 9.47 Å². The van der Waals surface area contributed by atoms with E-state index in [9.17, 15) is 9.59 Å². The number of amides is 2. The minimum Gasteiger partial charge on any atom is -0.497 e. The number of unbranched alkanes of at least 4 members (excludes halogenated alkanes) is 1. The Labute approximate surface area is 149 Å². The molecule has 1 aliphatic rings. The van der Waals surface area contributed by atoms with Gasteiger partial charge in [0.05, 0.1) is 25.5 Å². The number of hydrogen-bond acceptors (Lipinski definition) is 4. The van der Waals surface area contributed by atoms with Gasteiger partial charge in [0.2, 0.25) is 11.8 Å². The lowest BCUT2D eigenvalue weighted by atomic mass is 10.2. The second kappa shape index (κ2) is 9.30. The van der Waals surface area contributed by atoms with E-state index in [1.54, 1.807) is 12.0 Å². The summed E-state index contributed by atoms with van der Waals surface area (Å²) >= 11 is 0. The maximum atomic E-state index is 12.2. The fourth-order valence-electron chi connectivity index (χ4n) is 2.69. The molecule has 2 unspecified atom stereocenters. The van der Waals surface area contributed by atoms with Crippen LogP contribution in [0.2, 0.25) is 0 Å². The Balaban J connectivity index is 1.63. The maximum Gasteiger partial charge on any atom is 0.226 e. The third-order valence-corrected chi connectivity index (χ3v) is 4.40. The van der Waals surface area contributed by atoms with Gasteiger partial charge in [0.1, 0.15) is 18.1 Å². The van der Waals surface area contributed by atoms with Gasteiger partial charge in [0.15, 0.2) is 0 Å². The highest BCUT2D eigenvalue weighted by molar-refractivity contribution is 5.92. The second-order valence-electron chi connectivity index (χ2n) is 6.38. The minimum absolute atomic E-state index is 0.0550. The van der Waals surface area contributed by atoms with E-state index in [1.165, 1.54) is 0 Å². The second-order valence-corrected chi connectivity index (χ2v) is 6.38. The van der Waals surface area contributed by atoms with Crippen molar-refractivity contribution in [2.75, 3.05) is 33.9 Å². The Morgan fingerprint density at radius 3 is 2.52 bits per heavy atom. The summed E-state index contributed by atoms with van der Waals surface area (Å²) in [5, 5.41) is 2.84. The first kappa shape index (κ1) is 19.1. The zero-order valence-electron chi connectivity index (χ0n) is 15.3. The van der Waals surface area contributed by atoms with Crippen LogP contribution in [0.3, 0.4) is 0 Å². The Bertz CT molecular complexity index is 573. The molecule has 1 aliphatic carbocycles. The summed E-state index contributed by atoms with van der Waals surface area (Å²) in [5.74, 6) is 1.20. The van der Waals surface area contributed by atoms with Crippen LogP contribution in [0.5, 0.6) is 11.5 Å². The monoisotopic (exact) mass is 348 g/mol. The van der Waals surface area contributed by atoms with Crippen molar-refractivity contribution in [3.05, 3.63) is 24.3 Å². The molecule has 1 N–H and O–H groups in total. The van der Waals surface area contributed by atoms with Crippen molar-refractivity contribution in [1.29, 1.82) is 0 Å². The summed E-state index contributed by atoms with van der Waals surface area (Å²) in [6.07, 6.45) is 2.70. The molecule has 0 aliphatic heterocycles. The van der Waals surface area contributed by atoms with Gasteiger partial charge in [-0.1, -0.05) is 13.3 Å². The summed E-state index contributed by atoms with van der Waals surface area (Å²) in [5.41, 5.74) is 0. The Kier molecular flexibility index (Phi) is 7.10. The predicted octanol–water partition coefficient (Wildman–Crippen LogP) is 2.08. The van der Waals surface area contributed by atoms with Crippen molar-refractivity contribution in [2.24, 2.45) is 11.8 Å². The first-order valence-corrected chi connectivity index (χ1v) is 8.86. The lowest BCUT2D eigenvalue weighted by molar-refractivity contribution is -0.133. The molecule has 2 rings (SSSR count). The van der Waals surface area contributed by atoms with Crippen LogP contribution in [0.1, 0.15) is 26.2 Å². The molecule has 0 heterocycles. The van der Waals surface area contributed by atoms with Gasteiger partial charge in [0.25, 0.3) is 0 Å². The molecule has 2 atom stereocenters. The molecule has 1 aromatic carbocycles. The molecule has 0 saturated heterocycles. The molecule has 0 bridgehead atoms. The molecular formula is C19H28N2O4. The third kappa shape index (κ3) is 5.66. The number of rotatable bonds is 10. The summed E-state index contributed by atoms with van der Waals surface area (Å²) in [6.45, 7) is 3.67. The number of ether oxygens (including phenoxy) is 2. The van der Waals surface area contributed by atoms with Crippen LogP contribution in [0, 0.1) is 11.8 Å². The van der Waals surface area contributed by atoms with Crippen LogP contribution in [-0.4, -0.2) is 50.6 Å². The van der Waals surface area contributed by atoms with Crippen molar-refractivity contribution in [3.63, 3.8) is 0 Å². The lowest BCUT2D eigenvalue weighted by Crippen LogP contribution is -2.33. The summed E-state index contributed by atoms with van der Waals surface area (Å²) in [4.78, 5) is 26.0. The Morgan fingerprint density at radius 2 is 1.88 bits per heavy atom. The normalized spacial score (nSPS) is 18.4. The highest BCUT2D eigenvalue weighted by Crippen LogP contribution is 2.39. The summed E-state index contributed by atoms with van der Waals surface area (Å²) in [7, 11) is 3.43. The molecule has 0 radical (unpaired) electrons. The molecule has 6 heteroatoms. The molecule has 25 heavy (non-hydrogen) atoms. The molecule has 0 aromatic heterocycles. The first-order valence-electron chi connectivity index (χ1n) is 8.86. The number of benzene rings is 1. The van der Waals surface area contributed by atoms with Crippen LogP contribution < -0.4 is 14.8 Å². The van der Waals surface area contributed by atoms with Crippen LogP contribution in [0.4, 0.5) is 0 Å². The van der Waals surface area contributed by atoms with Gasteiger partial charge in [-0.25, -0.2) is 0 Å². The standard InChI is InChI=1S/C19H28N2O4/c1-4-5-11-21(2)19(23)17-13-16(17)18(22)20-10-12-25-15-8-6-14(24-3)7-9-15/h6-9,16-17H,4-5,10-13H2,1-3H3,(H,20,22). The van der Waals surface area contributed by atoms with Gasteiger partial charge >= 0.3 is 0 Å². The highest BCUT2D eigenvalue weighted by Gasteiger charge is 2.48. The van der Waals surface area contributed by atoms with Gasteiger partial charge in [-0.3, -0.25) is 9.59 Å². The van der Waals surface area contributed by atoms with Gasteiger partial charge in [-0.05, 0) is 37.1 Å². The largest absolute Gasteiger partial charge is 0.497 e. The maximum absolute atomic E-state index is 12.2. The number of nitrogens with zero attached hydrogens (tertiary/aromatic N) is 1. The van der Waals surface area contributed by atoms with Crippen molar-refractivity contribution in [2.45, 2.75) is 26.2 Å². The smallest absolute Gasteiger partial charge is 0.226 e. The van der Waals surface area contributed by atoms with E-state index in [-0.39, 0.29) is 23.7 Å². The molecule has 1 aromatic rings. The van der Waals surface area contributed by atoms with Crippen LogP contribution in [-0.2, 0) is 9.59 Å². The SMILES string of the molecule is CCCCN(C)C(=O)C1CC1C(=O)NCCOc1ccc(OC)cc1. The van der Waals surface area contributed by atoms with Gasteiger partial charge in [-0.15, -0.1) is 0 Å². The van der Waals surface area contributed by atoms with Crippen molar-refractivity contribution in [3.8, 4) is 11.5 Å². The van der Waals surface area contributed by atoms with Crippen molar-refractivity contribution < 1.29 is 19.1 Å². The van der Waals surface area contributed by atoms with Gasteiger partial charge in [-0.2, -0.15) is 0 Å². The van der Waals surface area contributed by atoms with E-state index in [0.717, 1.165) is 30.9 Å². The zero-order valence-corrected chi connectivity index (χ0v) is 15.3. The van der Waals surface area contributed by atoms with Crippen molar-refractivity contribution >= 4 is 11.8 Å². The quantitative estimate of drug-likeness (QED) is 0.658. The number of methoxy groups -OCH3 is 1. The zero-order chi connectivity index (χ0) is 18.2. The first-order chi connectivity index (χ1) is 12.1. The molecule has 1 saturated carbocycles. The van der Waals surface area contributed by atoms with E-state index in [1.807, 2.05) is 31.3 Å². The van der Waals surface area contributed by atoms with Crippen molar-refractivity contribution in [1.82, 2.24) is 10.2 Å². The van der Waals surface area contributed by atoms with Crippen LogP contribution in [0.15, 0.2) is 24.3 Å². The highest BCUT2D eigenvalue weighted by atomic mass is 16.5. The van der Waals surface area contributed by atoms with Crippen LogP contribution in [0.25, 0.3) is 0 Å². The van der Waals surface area contributed by atoms with E-state index in [0.29, 0.717) is 19.6 Å². The van der Waals surface area contributed by atoms with E-state index in [2.05, 4.69) is 12.2 Å². The van der Waals surface area contributed by atoms with Gasteiger partial charge in [0, 0.05) is 13.6 Å². The number of nitrogens with one attached hydrogen (secondary N) is 1. The minimum atomic E-state index is -0.183. The summed E-state index contributed by atoms with van der Waals surface area (Å²) in [6, 6.07) is 7.29. The molecular weight excluding hydrogens is 320 g/mol. The average Bonchev–Trinajstić information content (AvgIpc) is 3.43. The Morgan fingerprint density at radius 1 is 1.20 bits per heavy atom. The topological polar surface area (TPSA) is 67.9 Å². The van der Waals surface area contributed by atoms with Crippen LogP contribution >= 0.6 is 0 Å². The number of carbonyl (C=O) groups is 2. The lowest BCUT2D eigenvalue weighted by Gasteiger charge is -2.16. The predicted molar refractivity (Wildman–Crippen MR) is 95.6 cm³/mol. The molecule has 138 valence electrons. The Hall–Kier alpha value is -2.24. The number of carbonyl (C=O) groups excluding carboxylic acids is 2. The molecule has 6 nitrogen and oxygen atoms in total. The summed E-state index contributed by atoms with van der Waals surface area (Å²) < 4.78 is 10.7. The van der Waals surface area contributed by atoms with Gasteiger partial charge < -0.3 is 19.7 Å². The number of hydrogen-bond donors (Lipinski definition) is 1. The fourth-order valence-corrected chi connectivity index (χ4v) is 2.69. The fraction of sp³-hybridized carbons (Fsp3) is 0.579. The molecule has 2 amide bonds. The average molecular weight is 348 g/mol. The van der Waals surface area contributed by atoms with E-state index >= 15 is 0 Å². The van der Waals surface area contributed by atoms with E-state index < -0.39 is 0 Å². The third-order valence-electron chi connectivity index (χ3n) is 4.40. The molecule has 1 fully saturated rings. The molecule has 0 spiro atoms.